The van der Waals surface area contributed by atoms with Gasteiger partial charge in [-0.1, -0.05) is 0 Å². The van der Waals surface area contributed by atoms with Gasteiger partial charge < -0.3 is 9.64 Å². The van der Waals surface area contributed by atoms with Gasteiger partial charge in [0.15, 0.2) is 5.65 Å². The number of nitrogens with one attached hydrogen (secondary N) is 2. The minimum atomic E-state index is 0.394. The Morgan fingerprint density at radius 2 is 2.45 bits per heavy atom. The van der Waals surface area contributed by atoms with Gasteiger partial charge in [0.05, 0.1) is 18.2 Å². The van der Waals surface area contributed by atoms with E-state index >= 15 is 0 Å². The Morgan fingerprint density at radius 1 is 1.55 bits per heavy atom. The molecule has 4 N–H and O–H groups in total. The number of ether oxygens (including phenoxy) is 1. The predicted molar refractivity (Wildman–Crippen MR) is 76.3 cm³/mol. The zero-order valence-electron chi connectivity index (χ0n) is 11.5. The second-order valence-electron chi connectivity index (χ2n) is 5.06. The molecule has 0 amide bonds. The summed E-state index contributed by atoms with van der Waals surface area (Å²) in [6, 6.07) is 0. The molecule has 0 saturated carbocycles. The summed E-state index contributed by atoms with van der Waals surface area (Å²) in [5, 5.41) is 7.82. The summed E-state index contributed by atoms with van der Waals surface area (Å²) in [6.45, 7) is 2.68. The Labute approximate surface area is 116 Å². The first-order valence-electron chi connectivity index (χ1n) is 6.73. The smallest absolute Gasteiger partial charge is 0.241 e. The summed E-state index contributed by atoms with van der Waals surface area (Å²) in [4.78, 5) is 11.0. The molecule has 1 atom stereocenters. The van der Waals surface area contributed by atoms with Crippen molar-refractivity contribution in [3.63, 3.8) is 0 Å². The number of hydrogen-bond acceptors (Lipinski definition) is 7. The van der Waals surface area contributed by atoms with Crippen molar-refractivity contribution in [2.45, 2.75) is 12.8 Å². The Kier molecular flexibility index (Phi) is 3.66. The molecule has 0 aromatic carbocycles. The molecule has 1 aliphatic heterocycles. The zero-order chi connectivity index (χ0) is 13.9. The van der Waals surface area contributed by atoms with E-state index in [1.807, 2.05) is 0 Å². The van der Waals surface area contributed by atoms with Crippen LogP contribution in [0.2, 0.25) is 0 Å². The van der Waals surface area contributed by atoms with E-state index in [2.05, 4.69) is 30.5 Å². The maximum Gasteiger partial charge on any atom is 0.241 e. The van der Waals surface area contributed by atoms with Gasteiger partial charge in [0.25, 0.3) is 0 Å². The number of fused-ring (bicyclic) bond motifs is 1. The van der Waals surface area contributed by atoms with E-state index in [1.54, 1.807) is 13.3 Å². The molecule has 0 aliphatic carbocycles. The number of nitrogens with zero attached hydrogens (tertiary/aromatic N) is 4. The van der Waals surface area contributed by atoms with Crippen molar-refractivity contribution >= 4 is 22.8 Å². The number of hydrogen-bond donors (Lipinski definition) is 3. The van der Waals surface area contributed by atoms with E-state index in [0.29, 0.717) is 17.5 Å². The van der Waals surface area contributed by atoms with Gasteiger partial charge in [-0.3, -0.25) is 10.5 Å². The number of anilines is 2. The SMILES string of the molecule is COCC1CCCN(c2nc(NN)nc3[nH]ncc23)C1. The molecule has 0 radical (unpaired) electrons. The van der Waals surface area contributed by atoms with Crippen LogP contribution in [0.25, 0.3) is 11.0 Å². The highest BCUT2D eigenvalue weighted by atomic mass is 16.5. The van der Waals surface area contributed by atoms with Gasteiger partial charge in [-0.15, -0.1) is 0 Å². The van der Waals surface area contributed by atoms with Gasteiger partial charge in [0, 0.05) is 20.2 Å². The summed E-state index contributed by atoms with van der Waals surface area (Å²) in [5.74, 6) is 7.23. The van der Waals surface area contributed by atoms with Gasteiger partial charge in [-0.05, 0) is 18.8 Å². The largest absolute Gasteiger partial charge is 0.384 e. The molecule has 1 saturated heterocycles. The number of aromatic nitrogens is 4. The van der Waals surface area contributed by atoms with Crippen LogP contribution >= 0.6 is 0 Å². The average Bonchev–Trinajstić information content (AvgIpc) is 2.95. The summed E-state index contributed by atoms with van der Waals surface area (Å²) < 4.78 is 5.27. The monoisotopic (exact) mass is 277 g/mol. The number of nitrogens with two attached hydrogens (primary N) is 1. The van der Waals surface area contributed by atoms with E-state index < -0.39 is 0 Å². The number of rotatable bonds is 4. The van der Waals surface area contributed by atoms with E-state index in [-0.39, 0.29) is 0 Å². The highest BCUT2D eigenvalue weighted by molar-refractivity contribution is 5.87. The van der Waals surface area contributed by atoms with Crippen LogP contribution in [-0.2, 0) is 4.74 Å². The fourth-order valence-electron chi connectivity index (χ4n) is 2.75. The fourth-order valence-corrected chi connectivity index (χ4v) is 2.75. The van der Waals surface area contributed by atoms with Crippen LogP contribution < -0.4 is 16.2 Å². The van der Waals surface area contributed by atoms with Crippen LogP contribution in [0.4, 0.5) is 11.8 Å². The highest BCUT2D eigenvalue weighted by Gasteiger charge is 2.23. The number of H-pyrrole nitrogens is 1. The number of methoxy groups -OCH3 is 1. The van der Waals surface area contributed by atoms with Crippen molar-refractivity contribution in [3.8, 4) is 0 Å². The van der Waals surface area contributed by atoms with Crippen molar-refractivity contribution in [1.29, 1.82) is 0 Å². The number of aromatic amines is 1. The molecule has 108 valence electrons. The minimum Gasteiger partial charge on any atom is -0.384 e. The molecular formula is C12H19N7O. The molecule has 2 aromatic rings. The van der Waals surface area contributed by atoms with Crippen LogP contribution in [-0.4, -0.2) is 47.0 Å². The lowest BCUT2D eigenvalue weighted by atomic mass is 9.99. The average molecular weight is 277 g/mol. The van der Waals surface area contributed by atoms with Crippen LogP contribution in [0.3, 0.4) is 0 Å². The Morgan fingerprint density at radius 3 is 3.25 bits per heavy atom. The number of nitrogen functional groups attached to an aromatic ring is 1. The van der Waals surface area contributed by atoms with Gasteiger partial charge in [-0.25, -0.2) is 5.84 Å². The molecule has 0 bridgehead atoms. The number of piperidine rings is 1. The fraction of sp³-hybridized carbons (Fsp3) is 0.583. The van der Waals surface area contributed by atoms with Crippen molar-refractivity contribution in [3.05, 3.63) is 6.20 Å². The maximum atomic E-state index is 5.44. The molecule has 20 heavy (non-hydrogen) atoms. The third kappa shape index (κ3) is 2.39. The van der Waals surface area contributed by atoms with E-state index in [0.717, 1.165) is 37.3 Å². The van der Waals surface area contributed by atoms with Crippen LogP contribution in [0.5, 0.6) is 0 Å². The molecule has 1 aliphatic rings. The lowest BCUT2D eigenvalue weighted by molar-refractivity contribution is 0.143. The van der Waals surface area contributed by atoms with E-state index in [1.165, 1.54) is 6.42 Å². The van der Waals surface area contributed by atoms with E-state index in [4.69, 9.17) is 10.6 Å². The first-order valence-corrected chi connectivity index (χ1v) is 6.73. The van der Waals surface area contributed by atoms with Gasteiger partial charge in [-0.2, -0.15) is 15.1 Å². The third-order valence-electron chi connectivity index (χ3n) is 3.64. The van der Waals surface area contributed by atoms with Gasteiger partial charge in [0.1, 0.15) is 5.82 Å². The summed E-state index contributed by atoms with van der Waals surface area (Å²) in [5.41, 5.74) is 3.19. The highest BCUT2D eigenvalue weighted by Crippen LogP contribution is 2.28. The lowest BCUT2D eigenvalue weighted by Gasteiger charge is -2.33. The number of hydrazine groups is 1. The van der Waals surface area contributed by atoms with Crippen molar-refractivity contribution in [1.82, 2.24) is 20.2 Å². The van der Waals surface area contributed by atoms with Crippen molar-refractivity contribution in [2.24, 2.45) is 11.8 Å². The second-order valence-corrected chi connectivity index (χ2v) is 5.06. The zero-order valence-corrected chi connectivity index (χ0v) is 11.5. The second kappa shape index (κ2) is 5.59. The lowest BCUT2D eigenvalue weighted by Crippen LogP contribution is -2.37. The minimum absolute atomic E-state index is 0.394. The summed E-state index contributed by atoms with van der Waals surface area (Å²) in [7, 11) is 1.74. The first-order chi connectivity index (χ1) is 9.81. The summed E-state index contributed by atoms with van der Waals surface area (Å²) in [6.07, 6.45) is 4.07. The Balaban J connectivity index is 1.93. The summed E-state index contributed by atoms with van der Waals surface area (Å²) >= 11 is 0. The molecular weight excluding hydrogens is 258 g/mol. The molecule has 1 unspecified atom stereocenters. The Bertz CT molecular complexity index is 582. The van der Waals surface area contributed by atoms with Crippen LogP contribution in [0, 0.1) is 5.92 Å². The standard InChI is InChI=1S/C12H19N7O/c1-20-7-8-3-2-4-19(6-8)11-9-5-14-18-10(9)15-12(16-11)17-13/h5,8H,2-4,6-7,13H2,1H3,(H2,14,15,16,17,18). The van der Waals surface area contributed by atoms with Crippen LogP contribution in [0.15, 0.2) is 6.20 Å². The maximum absolute atomic E-state index is 5.44. The molecule has 8 nitrogen and oxygen atoms in total. The molecule has 3 heterocycles. The molecule has 8 heteroatoms. The normalized spacial score (nSPS) is 19.5. The molecule has 3 rings (SSSR count). The first kappa shape index (κ1) is 13.1. The molecule has 2 aromatic heterocycles. The predicted octanol–water partition coefficient (Wildman–Crippen LogP) is 0.501. The molecule has 1 fully saturated rings. The molecule has 0 spiro atoms. The van der Waals surface area contributed by atoms with Crippen molar-refractivity contribution < 1.29 is 4.74 Å². The van der Waals surface area contributed by atoms with Gasteiger partial charge >= 0.3 is 0 Å². The quantitative estimate of drug-likeness (QED) is 0.552. The van der Waals surface area contributed by atoms with E-state index in [9.17, 15) is 0 Å². The third-order valence-corrected chi connectivity index (χ3v) is 3.64. The van der Waals surface area contributed by atoms with Crippen LogP contribution in [0.1, 0.15) is 12.8 Å². The van der Waals surface area contributed by atoms with Gasteiger partial charge in [0.2, 0.25) is 5.95 Å². The topological polar surface area (TPSA) is 105 Å². The van der Waals surface area contributed by atoms with Crippen molar-refractivity contribution in [2.75, 3.05) is 37.1 Å². The Hall–Kier alpha value is -1.93.